The van der Waals surface area contributed by atoms with Crippen molar-refractivity contribution < 1.29 is 14.6 Å². The Bertz CT molecular complexity index is 724. The predicted molar refractivity (Wildman–Crippen MR) is 94.1 cm³/mol. The molecule has 0 spiro atoms. The first-order chi connectivity index (χ1) is 11.6. The summed E-state index contributed by atoms with van der Waals surface area (Å²) in [6, 6.07) is 9.95. The molecule has 2 aromatic rings. The lowest BCUT2D eigenvalue weighted by molar-refractivity contribution is 0.0820. The highest BCUT2D eigenvalue weighted by molar-refractivity contribution is 5.99. The van der Waals surface area contributed by atoms with Gasteiger partial charge < -0.3 is 19.7 Å². The number of carbonyl (C=O) groups is 1. The van der Waals surface area contributed by atoms with Crippen LogP contribution in [0.25, 0.3) is 10.9 Å². The van der Waals surface area contributed by atoms with Crippen LogP contribution in [0.5, 0.6) is 0 Å². The minimum atomic E-state index is -0.223. The van der Waals surface area contributed by atoms with Gasteiger partial charge in [0.25, 0.3) is 5.91 Å². The molecule has 1 heterocycles. The van der Waals surface area contributed by atoms with E-state index in [0.29, 0.717) is 18.8 Å². The van der Waals surface area contributed by atoms with Crippen molar-refractivity contribution in [3.05, 3.63) is 36.0 Å². The van der Waals surface area contributed by atoms with Gasteiger partial charge in [0.15, 0.2) is 0 Å². The van der Waals surface area contributed by atoms with Crippen molar-refractivity contribution in [2.75, 3.05) is 20.3 Å². The van der Waals surface area contributed by atoms with E-state index in [1.54, 1.807) is 7.11 Å². The van der Waals surface area contributed by atoms with Crippen molar-refractivity contribution in [2.45, 2.75) is 38.8 Å². The van der Waals surface area contributed by atoms with Crippen molar-refractivity contribution in [3.8, 4) is 0 Å². The summed E-state index contributed by atoms with van der Waals surface area (Å²) < 4.78 is 7.21. The normalized spacial score (nSPS) is 23.7. The fourth-order valence-electron chi connectivity index (χ4n) is 3.72. The number of hydrogen-bond donors (Lipinski definition) is 2. The Balaban J connectivity index is 1.89. The van der Waals surface area contributed by atoms with Crippen LogP contribution in [0, 0.1) is 5.41 Å². The second kappa shape index (κ2) is 6.95. The third-order valence-electron chi connectivity index (χ3n) is 5.31. The minimum absolute atomic E-state index is 0.0175. The molecular formula is C19H26N2O3. The molecule has 3 rings (SSSR count). The molecule has 1 saturated carbocycles. The number of fused-ring (bicyclic) bond motifs is 1. The van der Waals surface area contributed by atoms with Crippen LogP contribution < -0.4 is 5.32 Å². The SMILES string of the molecule is COCCn1c(C(=O)NC2CCCC2(C)CO)cc2ccccc21. The number of aromatic nitrogens is 1. The molecule has 2 N–H and O–H groups in total. The molecule has 0 bridgehead atoms. The quantitative estimate of drug-likeness (QED) is 0.856. The van der Waals surface area contributed by atoms with Gasteiger partial charge in [0.2, 0.25) is 0 Å². The maximum Gasteiger partial charge on any atom is 0.268 e. The molecule has 0 saturated heterocycles. The largest absolute Gasteiger partial charge is 0.396 e. The van der Waals surface area contributed by atoms with Gasteiger partial charge >= 0.3 is 0 Å². The molecule has 5 heteroatoms. The maximum atomic E-state index is 12.9. The molecule has 1 aromatic heterocycles. The summed E-state index contributed by atoms with van der Waals surface area (Å²) in [5.41, 5.74) is 1.47. The number of aliphatic hydroxyl groups is 1. The Morgan fingerprint density at radius 3 is 3.00 bits per heavy atom. The van der Waals surface area contributed by atoms with Gasteiger partial charge in [-0.3, -0.25) is 4.79 Å². The van der Waals surface area contributed by atoms with Gasteiger partial charge in [-0.15, -0.1) is 0 Å². The average Bonchev–Trinajstić information content (AvgIpc) is 3.14. The van der Waals surface area contributed by atoms with E-state index in [9.17, 15) is 9.90 Å². The highest BCUT2D eigenvalue weighted by Gasteiger charge is 2.39. The zero-order chi connectivity index (χ0) is 17.2. The van der Waals surface area contributed by atoms with Crippen LogP contribution >= 0.6 is 0 Å². The molecule has 130 valence electrons. The van der Waals surface area contributed by atoms with E-state index in [-0.39, 0.29) is 24.0 Å². The zero-order valence-corrected chi connectivity index (χ0v) is 14.4. The Kier molecular flexibility index (Phi) is 4.92. The Hall–Kier alpha value is -1.85. The van der Waals surface area contributed by atoms with Crippen LogP contribution in [0.1, 0.15) is 36.7 Å². The van der Waals surface area contributed by atoms with E-state index in [2.05, 4.69) is 5.32 Å². The highest BCUT2D eigenvalue weighted by Crippen LogP contribution is 2.37. The monoisotopic (exact) mass is 330 g/mol. The Labute approximate surface area is 142 Å². The van der Waals surface area contributed by atoms with E-state index in [4.69, 9.17) is 4.74 Å². The van der Waals surface area contributed by atoms with Crippen molar-refractivity contribution in [1.29, 1.82) is 0 Å². The third kappa shape index (κ3) is 3.06. The number of nitrogens with zero attached hydrogens (tertiary/aromatic N) is 1. The van der Waals surface area contributed by atoms with Gasteiger partial charge in [0, 0.05) is 36.0 Å². The van der Waals surface area contributed by atoms with E-state index in [1.807, 2.05) is 41.8 Å². The standard InChI is InChI=1S/C19H26N2O3/c1-19(13-22)9-5-8-17(19)20-18(23)16-12-14-6-3-4-7-15(14)21(16)10-11-24-2/h3-4,6-7,12,17,22H,5,8-11,13H2,1-2H3,(H,20,23). The lowest BCUT2D eigenvalue weighted by atomic mass is 9.86. The van der Waals surface area contributed by atoms with E-state index < -0.39 is 0 Å². The molecule has 1 aliphatic carbocycles. The summed E-state index contributed by atoms with van der Waals surface area (Å²) in [5.74, 6) is -0.0751. The second-order valence-corrected chi connectivity index (χ2v) is 6.96. The second-order valence-electron chi connectivity index (χ2n) is 6.96. The Morgan fingerprint density at radius 1 is 1.46 bits per heavy atom. The van der Waals surface area contributed by atoms with Gasteiger partial charge in [0.05, 0.1) is 13.2 Å². The van der Waals surface area contributed by atoms with Crippen LogP contribution in [0.15, 0.2) is 30.3 Å². The van der Waals surface area contributed by atoms with E-state index in [1.165, 1.54) is 0 Å². The summed E-state index contributed by atoms with van der Waals surface area (Å²) in [6.07, 6.45) is 2.90. The fourth-order valence-corrected chi connectivity index (χ4v) is 3.72. The first-order valence-electron chi connectivity index (χ1n) is 8.58. The molecule has 0 aliphatic heterocycles. The smallest absolute Gasteiger partial charge is 0.268 e. The summed E-state index contributed by atoms with van der Waals surface area (Å²) in [4.78, 5) is 12.9. The van der Waals surface area contributed by atoms with Gasteiger partial charge in [-0.1, -0.05) is 31.5 Å². The average molecular weight is 330 g/mol. The van der Waals surface area contributed by atoms with Crippen LogP contribution in [0.4, 0.5) is 0 Å². The molecular weight excluding hydrogens is 304 g/mol. The van der Waals surface area contributed by atoms with Gasteiger partial charge in [-0.05, 0) is 25.0 Å². The van der Waals surface area contributed by atoms with Crippen LogP contribution in [-0.2, 0) is 11.3 Å². The number of methoxy groups -OCH3 is 1. The third-order valence-corrected chi connectivity index (χ3v) is 5.31. The fraction of sp³-hybridized carbons (Fsp3) is 0.526. The number of rotatable bonds is 6. The lowest BCUT2D eigenvalue weighted by Gasteiger charge is -2.30. The molecule has 2 atom stereocenters. The molecule has 1 amide bonds. The molecule has 1 aliphatic rings. The molecule has 5 nitrogen and oxygen atoms in total. The number of carbonyl (C=O) groups excluding carboxylic acids is 1. The van der Waals surface area contributed by atoms with Crippen molar-refractivity contribution in [2.24, 2.45) is 5.41 Å². The van der Waals surface area contributed by atoms with Crippen molar-refractivity contribution in [1.82, 2.24) is 9.88 Å². The Morgan fingerprint density at radius 2 is 2.25 bits per heavy atom. The molecule has 1 fully saturated rings. The molecule has 24 heavy (non-hydrogen) atoms. The summed E-state index contributed by atoms with van der Waals surface area (Å²) in [5, 5.41) is 13.9. The number of aliphatic hydroxyl groups excluding tert-OH is 1. The summed E-state index contributed by atoms with van der Waals surface area (Å²) in [7, 11) is 1.66. The van der Waals surface area contributed by atoms with Crippen LogP contribution in [-0.4, -0.2) is 41.9 Å². The zero-order valence-electron chi connectivity index (χ0n) is 14.4. The van der Waals surface area contributed by atoms with Crippen LogP contribution in [0.2, 0.25) is 0 Å². The summed E-state index contributed by atoms with van der Waals surface area (Å²) in [6.45, 7) is 3.33. The minimum Gasteiger partial charge on any atom is -0.396 e. The lowest BCUT2D eigenvalue weighted by Crippen LogP contribution is -2.45. The number of para-hydroxylation sites is 1. The number of nitrogens with one attached hydrogen (secondary N) is 1. The number of hydrogen-bond acceptors (Lipinski definition) is 3. The summed E-state index contributed by atoms with van der Waals surface area (Å²) >= 11 is 0. The predicted octanol–water partition coefficient (Wildman–Crippen LogP) is 2.57. The first kappa shape index (κ1) is 17.0. The van der Waals surface area contributed by atoms with E-state index >= 15 is 0 Å². The van der Waals surface area contributed by atoms with Gasteiger partial charge in [-0.2, -0.15) is 0 Å². The highest BCUT2D eigenvalue weighted by atomic mass is 16.5. The molecule has 0 radical (unpaired) electrons. The van der Waals surface area contributed by atoms with Crippen molar-refractivity contribution in [3.63, 3.8) is 0 Å². The maximum absolute atomic E-state index is 12.9. The number of amides is 1. The van der Waals surface area contributed by atoms with Gasteiger partial charge in [-0.25, -0.2) is 0 Å². The first-order valence-corrected chi connectivity index (χ1v) is 8.58. The van der Waals surface area contributed by atoms with Gasteiger partial charge in [0.1, 0.15) is 5.69 Å². The van der Waals surface area contributed by atoms with Crippen molar-refractivity contribution >= 4 is 16.8 Å². The molecule has 2 unspecified atom stereocenters. The number of ether oxygens (including phenoxy) is 1. The van der Waals surface area contributed by atoms with E-state index in [0.717, 1.165) is 30.2 Å². The molecule has 1 aromatic carbocycles. The topological polar surface area (TPSA) is 63.5 Å². The number of benzene rings is 1. The van der Waals surface area contributed by atoms with Crippen LogP contribution in [0.3, 0.4) is 0 Å².